The Morgan fingerprint density at radius 2 is 1.67 bits per heavy atom. The molecular formula is C15H11NO5. The maximum Gasteiger partial charge on any atom is 0.399 e. The normalized spacial score (nSPS) is 13.5. The minimum absolute atomic E-state index is 0.0541. The van der Waals surface area contributed by atoms with E-state index in [0.717, 1.165) is 5.56 Å². The van der Waals surface area contributed by atoms with E-state index in [4.69, 9.17) is 9.25 Å². The van der Waals surface area contributed by atoms with Crippen LogP contribution in [0.5, 0.6) is 0 Å². The molecule has 0 aliphatic carbocycles. The van der Waals surface area contributed by atoms with Crippen LogP contribution in [0.25, 0.3) is 0 Å². The summed E-state index contributed by atoms with van der Waals surface area (Å²) in [6.07, 6.45) is 0. The molecule has 106 valence electrons. The average molecular weight is 285 g/mol. The number of nitrogens with zero attached hydrogens (tertiary/aromatic N) is 1. The Hall–Kier alpha value is -2.89. The highest BCUT2D eigenvalue weighted by Crippen LogP contribution is 2.24. The lowest BCUT2D eigenvalue weighted by atomic mass is 10.1. The number of fused-ring (bicyclic) bond motifs is 1. The Kier molecular flexibility index (Phi) is 2.86. The molecule has 1 aromatic heterocycles. The smallest absolute Gasteiger partial charge is 0.399 e. The van der Waals surface area contributed by atoms with Crippen LogP contribution in [0.1, 0.15) is 42.6 Å². The molecule has 2 aromatic rings. The second-order valence-electron chi connectivity index (χ2n) is 4.68. The van der Waals surface area contributed by atoms with Gasteiger partial charge < -0.3 is 9.25 Å². The van der Waals surface area contributed by atoms with Gasteiger partial charge in [0.25, 0.3) is 11.8 Å². The van der Waals surface area contributed by atoms with Gasteiger partial charge in [0.15, 0.2) is 0 Å². The van der Waals surface area contributed by atoms with Gasteiger partial charge in [0, 0.05) is 0 Å². The number of imide groups is 1. The molecule has 6 heteroatoms. The Balaban J connectivity index is 1.85. The van der Waals surface area contributed by atoms with Crippen molar-refractivity contribution in [2.75, 3.05) is 0 Å². The molecule has 0 atom stereocenters. The quantitative estimate of drug-likeness (QED) is 0.791. The van der Waals surface area contributed by atoms with E-state index in [1.165, 1.54) is 18.2 Å². The fraction of sp³-hybridized carbons (Fsp3) is 0.133. The summed E-state index contributed by atoms with van der Waals surface area (Å²) in [5.74, 6) is -1.69. The molecule has 1 aliphatic rings. The van der Waals surface area contributed by atoms with Crippen LogP contribution in [0.2, 0.25) is 0 Å². The first kappa shape index (κ1) is 13.1. The molecule has 0 radical (unpaired) electrons. The number of rotatable bonds is 2. The van der Waals surface area contributed by atoms with Crippen molar-refractivity contribution >= 4 is 17.8 Å². The van der Waals surface area contributed by atoms with E-state index in [-0.39, 0.29) is 16.9 Å². The number of hydrogen-bond acceptors (Lipinski definition) is 5. The number of carbonyl (C=O) groups excluding carboxylic acids is 3. The minimum Gasteiger partial charge on any atom is -0.454 e. The molecule has 21 heavy (non-hydrogen) atoms. The SMILES string of the molecule is Cc1cc(C(=O)ON2C(=O)c3ccccc3C2=O)oc1C. The van der Waals surface area contributed by atoms with Gasteiger partial charge in [-0.15, -0.1) is 0 Å². The van der Waals surface area contributed by atoms with Crippen LogP contribution in [0, 0.1) is 13.8 Å². The monoisotopic (exact) mass is 285 g/mol. The van der Waals surface area contributed by atoms with Gasteiger partial charge in [0.2, 0.25) is 5.76 Å². The van der Waals surface area contributed by atoms with E-state index in [1.807, 2.05) is 0 Å². The van der Waals surface area contributed by atoms with Gasteiger partial charge in [0.1, 0.15) is 5.76 Å². The molecule has 0 spiro atoms. The zero-order chi connectivity index (χ0) is 15.1. The van der Waals surface area contributed by atoms with Gasteiger partial charge in [-0.1, -0.05) is 17.2 Å². The van der Waals surface area contributed by atoms with E-state index in [0.29, 0.717) is 10.8 Å². The number of carbonyl (C=O) groups is 3. The average Bonchev–Trinajstić information content (AvgIpc) is 2.93. The topological polar surface area (TPSA) is 76.8 Å². The van der Waals surface area contributed by atoms with E-state index in [1.54, 1.807) is 26.0 Å². The number of furan rings is 1. The molecule has 1 aliphatic heterocycles. The maximum absolute atomic E-state index is 12.0. The highest BCUT2D eigenvalue weighted by atomic mass is 16.7. The summed E-state index contributed by atoms with van der Waals surface area (Å²) in [6.45, 7) is 3.48. The van der Waals surface area contributed by atoms with Crippen LogP contribution < -0.4 is 0 Å². The van der Waals surface area contributed by atoms with Gasteiger partial charge in [-0.25, -0.2) is 4.79 Å². The van der Waals surface area contributed by atoms with Crippen molar-refractivity contribution in [3.63, 3.8) is 0 Å². The molecule has 0 N–H and O–H groups in total. The Bertz CT molecular complexity index is 720. The summed E-state index contributed by atoms with van der Waals surface area (Å²) in [7, 11) is 0. The van der Waals surface area contributed by atoms with Gasteiger partial charge in [-0.05, 0) is 37.6 Å². The zero-order valence-electron chi connectivity index (χ0n) is 11.4. The summed E-state index contributed by atoms with van der Waals surface area (Å²) in [5.41, 5.74) is 1.20. The molecular weight excluding hydrogens is 274 g/mol. The highest BCUT2D eigenvalue weighted by molar-refractivity contribution is 6.21. The largest absolute Gasteiger partial charge is 0.454 e. The van der Waals surface area contributed by atoms with Crippen molar-refractivity contribution in [2.45, 2.75) is 13.8 Å². The molecule has 0 fully saturated rings. The number of aryl methyl sites for hydroxylation is 2. The summed E-state index contributed by atoms with van der Waals surface area (Å²) >= 11 is 0. The first-order valence-corrected chi connectivity index (χ1v) is 6.26. The Labute approximate surface area is 119 Å². The molecule has 2 amide bonds. The molecule has 0 unspecified atom stereocenters. The number of benzene rings is 1. The van der Waals surface area contributed by atoms with E-state index >= 15 is 0 Å². The highest BCUT2D eigenvalue weighted by Gasteiger charge is 2.39. The van der Waals surface area contributed by atoms with Crippen LogP contribution in [-0.4, -0.2) is 22.8 Å². The lowest BCUT2D eigenvalue weighted by molar-refractivity contribution is -0.0603. The zero-order valence-corrected chi connectivity index (χ0v) is 11.4. The fourth-order valence-corrected chi connectivity index (χ4v) is 2.05. The summed E-state index contributed by atoms with van der Waals surface area (Å²) in [6, 6.07) is 7.77. The van der Waals surface area contributed by atoms with Crippen LogP contribution in [0.15, 0.2) is 34.7 Å². The van der Waals surface area contributed by atoms with Crippen molar-refractivity contribution in [2.24, 2.45) is 0 Å². The standard InChI is InChI=1S/C15H11NO5/c1-8-7-12(20-9(8)2)15(19)21-16-13(17)10-5-3-4-6-11(10)14(16)18/h3-7H,1-2H3. The predicted molar refractivity (Wildman–Crippen MR) is 70.5 cm³/mol. The molecule has 3 rings (SSSR count). The third kappa shape index (κ3) is 2.01. The second kappa shape index (κ2) is 4.59. The third-order valence-electron chi connectivity index (χ3n) is 3.30. The van der Waals surface area contributed by atoms with Crippen LogP contribution in [0.3, 0.4) is 0 Å². The van der Waals surface area contributed by atoms with Crippen molar-refractivity contribution < 1.29 is 23.6 Å². The van der Waals surface area contributed by atoms with Crippen LogP contribution >= 0.6 is 0 Å². The van der Waals surface area contributed by atoms with Crippen molar-refractivity contribution in [1.82, 2.24) is 5.06 Å². The van der Waals surface area contributed by atoms with E-state index < -0.39 is 17.8 Å². The number of hydroxylamine groups is 2. The van der Waals surface area contributed by atoms with Crippen LogP contribution in [-0.2, 0) is 4.84 Å². The lowest BCUT2D eigenvalue weighted by Gasteiger charge is -2.11. The van der Waals surface area contributed by atoms with Crippen LogP contribution in [0.4, 0.5) is 0 Å². The first-order chi connectivity index (χ1) is 9.99. The summed E-state index contributed by atoms with van der Waals surface area (Å²) in [4.78, 5) is 40.9. The lowest BCUT2D eigenvalue weighted by Crippen LogP contribution is -2.32. The number of amides is 2. The van der Waals surface area contributed by atoms with Crippen molar-refractivity contribution in [3.05, 3.63) is 58.5 Å². The molecule has 0 saturated carbocycles. The van der Waals surface area contributed by atoms with E-state index in [2.05, 4.69) is 0 Å². The summed E-state index contributed by atoms with van der Waals surface area (Å²) in [5, 5.41) is 0.459. The minimum atomic E-state index is -0.888. The Morgan fingerprint density at radius 1 is 1.10 bits per heavy atom. The third-order valence-corrected chi connectivity index (χ3v) is 3.30. The molecule has 2 heterocycles. The molecule has 0 bridgehead atoms. The fourth-order valence-electron chi connectivity index (χ4n) is 2.05. The molecule has 6 nitrogen and oxygen atoms in total. The Morgan fingerprint density at radius 3 is 2.14 bits per heavy atom. The summed E-state index contributed by atoms with van der Waals surface area (Å²) < 4.78 is 5.21. The van der Waals surface area contributed by atoms with Crippen molar-refractivity contribution in [3.8, 4) is 0 Å². The van der Waals surface area contributed by atoms with Gasteiger partial charge >= 0.3 is 5.97 Å². The first-order valence-electron chi connectivity index (χ1n) is 6.26. The predicted octanol–water partition coefficient (Wildman–Crippen LogP) is 2.26. The maximum atomic E-state index is 12.0. The number of hydrogen-bond donors (Lipinski definition) is 0. The van der Waals surface area contributed by atoms with Gasteiger partial charge in [0.05, 0.1) is 11.1 Å². The van der Waals surface area contributed by atoms with Crippen molar-refractivity contribution in [1.29, 1.82) is 0 Å². The molecule has 0 saturated heterocycles. The molecule has 1 aromatic carbocycles. The van der Waals surface area contributed by atoms with Gasteiger partial charge in [-0.2, -0.15) is 0 Å². The van der Waals surface area contributed by atoms with Gasteiger partial charge in [-0.3, -0.25) is 9.59 Å². The second-order valence-corrected chi connectivity index (χ2v) is 4.68. The van der Waals surface area contributed by atoms with E-state index in [9.17, 15) is 14.4 Å².